The second-order valence-corrected chi connectivity index (χ2v) is 9.80. The number of rotatable bonds is 8. The lowest BCUT2D eigenvalue weighted by Gasteiger charge is -2.15. The molecular weight excluding hydrogens is 502 g/mol. The van der Waals surface area contributed by atoms with Crippen LogP contribution in [0.25, 0.3) is 10.9 Å². The molecule has 0 N–H and O–H groups in total. The smallest absolute Gasteiger partial charge is 0.325 e. The van der Waals surface area contributed by atoms with E-state index in [1.807, 2.05) is 37.3 Å². The van der Waals surface area contributed by atoms with Crippen LogP contribution in [-0.4, -0.2) is 52.8 Å². The monoisotopic (exact) mass is 529 g/mol. The number of hydrogen-bond donors (Lipinski definition) is 0. The van der Waals surface area contributed by atoms with Gasteiger partial charge in [-0.15, -0.1) is 0 Å². The molecule has 0 unspecified atom stereocenters. The molecule has 0 spiro atoms. The molecule has 0 radical (unpaired) electrons. The molecule has 4 rings (SSSR count). The van der Waals surface area contributed by atoms with Crippen molar-refractivity contribution in [3.63, 3.8) is 0 Å². The van der Waals surface area contributed by atoms with Gasteiger partial charge in [-0.1, -0.05) is 60.3 Å². The third-order valence-corrected chi connectivity index (χ3v) is 7.29. The van der Waals surface area contributed by atoms with Crippen LogP contribution >= 0.6 is 11.8 Å². The molecule has 0 aliphatic rings. The Morgan fingerprint density at radius 2 is 1.55 bits per heavy atom. The second-order valence-electron chi connectivity index (χ2n) is 8.86. The molecule has 0 saturated carbocycles. The first-order valence-corrected chi connectivity index (χ1v) is 12.8. The molecule has 0 saturated heterocycles. The lowest BCUT2D eigenvalue weighted by molar-refractivity contribution is -0.141. The SMILES string of the molecule is COC(=O)CN(C)C(=O)c1ccc(C(=O)c2ccc(CSc3nc4cccc(C)c4c(=O)n3C)cc2)cc1. The highest BCUT2D eigenvalue weighted by Crippen LogP contribution is 2.23. The van der Waals surface area contributed by atoms with Gasteiger partial charge in [-0.25, -0.2) is 4.98 Å². The number of methoxy groups -OCH3 is 1. The summed E-state index contributed by atoms with van der Waals surface area (Å²) in [6, 6.07) is 19.2. The van der Waals surface area contributed by atoms with E-state index >= 15 is 0 Å². The first kappa shape index (κ1) is 26.8. The predicted molar refractivity (Wildman–Crippen MR) is 147 cm³/mol. The zero-order valence-corrected chi connectivity index (χ0v) is 22.4. The van der Waals surface area contributed by atoms with Gasteiger partial charge in [0.15, 0.2) is 10.9 Å². The maximum Gasteiger partial charge on any atom is 0.325 e. The lowest BCUT2D eigenvalue weighted by atomic mass is 10.0. The Balaban J connectivity index is 1.42. The Bertz CT molecular complexity index is 1580. The predicted octanol–water partition coefficient (Wildman–Crippen LogP) is 4.01. The van der Waals surface area contributed by atoms with Gasteiger partial charge in [0.1, 0.15) is 6.54 Å². The van der Waals surface area contributed by atoms with Crippen LogP contribution in [0.5, 0.6) is 0 Å². The minimum atomic E-state index is -0.512. The summed E-state index contributed by atoms with van der Waals surface area (Å²) in [5, 5.41) is 1.26. The van der Waals surface area contributed by atoms with Crippen molar-refractivity contribution in [1.29, 1.82) is 0 Å². The van der Waals surface area contributed by atoms with Crippen LogP contribution < -0.4 is 5.56 Å². The standard InChI is InChI=1S/C29H27N3O5S/c1-18-6-5-7-23-25(18)28(36)32(3)29(30-23)38-17-19-8-10-20(11-9-19)26(34)21-12-14-22(15-13-21)27(35)31(2)16-24(33)37-4/h5-15H,16-17H2,1-4H3. The van der Waals surface area contributed by atoms with E-state index in [2.05, 4.69) is 9.72 Å². The summed E-state index contributed by atoms with van der Waals surface area (Å²) in [6.07, 6.45) is 0. The lowest BCUT2D eigenvalue weighted by Crippen LogP contribution is -2.32. The van der Waals surface area contributed by atoms with Gasteiger partial charge in [0, 0.05) is 36.5 Å². The van der Waals surface area contributed by atoms with Gasteiger partial charge < -0.3 is 9.64 Å². The van der Waals surface area contributed by atoms with Gasteiger partial charge in [0.2, 0.25) is 0 Å². The van der Waals surface area contributed by atoms with Gasteiger partial charge in [-0.05, 0) is 36.2 Å². The van der Waals surface area contributed by atoms with Crippen molar-refractivity contribution in [2.75, 3.05) is 20.7 Å². The average molecular weight is 530 g/mol. The number of nitrogens with zero attached hydrogens (tertiary/aromatic N) is 3. The number of likely N-dealkylation sites (N-methyl/N-ethyl adjacent to an activating group) is 1. The van der Waals surface area contributed by atoms with Crippen molar-refractivity contribution in [3.8, 4) is 0 Å². The van der Waals surface area contributed by atoms with Crippen molar-refractivity contribution < 1.29 is 19.1 Å². The molecule has 1 amide bonds. The second kappa shape index (κ2) is 11.4. The van der Waals surface area contributed by atoms with Crippen LogP contribution in [-0.2, 0) is 22.3 Å². The molecule has 0 fully saturated rings. The van der Waals surface area contributed by atoms with E-state index in [1.54, 1.807) is 48.0 Å². The number of hydrogen-bond acceptors (Lipinski definition) is 7. The molecule has 8 nitrogen and oxygen atoms in total. The first-order chi connectivity index (χ1) is 18.2. The molecule has 0 aliphatic carbocycles. The Kier molecular flexibility index (Phi) is 8.07. The first-order valence-electron chi connectivity index (χ1n) is 11.8. The van der Waals surface area contributed by atoms with Crippen molar-refractivity contribution in [1.82, 2.24) is 14.5 Å². The number of ketones is 1. The highest BCUT2D eigenvalue weighted by molar-refractivity contribution is 7.98. The van der Waals surface area contributed by atoms with Crippen LogP contribution in [0.15, 0.2) is 76.7 Å². The fourth-order valence-electron chi connectivity index (χ4n) is 3.97. The summed E-state index contributed by atoms with van der Waals surface area (Å²) >= 11 is 1.46. The Morgan fingerprint density at radius 3 is 2.18 bits per heavy atom. The highest BCUT2D eigenvalue weighted by Gasteiger charge is 2.17. The summed E-state index contributed by atoms with van der Waals surface area (Å²) in [6.45, 7) is 1.74. The summed E-state index contributed by atoms with van der Waals surface area (Å²) in [7, 11) is 4.49. The molecule has 0 bridgehead atoms. The number of aryl methyl sites for hydroxylation is 1. The minimum absolute atomic E-state index is 0.0700. The van der Waals surface area contributed by atoms with E-state index in [1.165, 1.54) is 30.8 Å². The van der Waals surface area contributed by atoms with Crippen LogP contribution in [0.1, 0.15) is 37.4 Å². The quantitative estimate of drug-likeness (QED) is 0.147. The van der Waals surface area contributed by atoms with Gasteiger partial charge in [0.05, 0.1) is 18.0 Å². The van der Waals surface area contributed by atoms with Gasteiger partial charge >= 0.3 is 5.97 Å². The average Bonchev–Trinajstić information content (AvgIpc) is 2.93. The van der Waals surface area contributed by atoms with E-state index in [0.29, 0.717) is 38.5 Å². The molecule has 0 aliphatic heterocycles. The fourth-order valence-corrected chi connectivity index (χ4v) is 4.89. The number of carbonyl (C=O) groups excluding carboxylic acids is 3. The maximum absolute atomic E-state index is 13.0. The number of ether oxygens (including phenoxy) is 1. The maximum atomic E-state index is 13.0. The number of amides is 1. The minimum Gasteiger partial charge on any atom is -0.468 e. The van der Waals surface area contributed by atoms with E-state index in [-0.39, 0.29) is 23.8 Å². The van der Waals surface area contributed by atoms with E-state index < -0.39 is 5.97 Å². The third-order valence-electron chi connectivity index (χ3n) is 6.19. The number of fused-ring (bicyclic) bond motifs is 1. The van der Waals surface area contributed by atoms with Crippen molar-refractivity contribution in [2.24, 2.45) is 7.05 Å². The number of esters is 1. The zero-order valence-electron chi connectivity index (χ0n) is 21.6. The number of aromatic nitrogens is 2. The largest absolute Gasteiger partial charge is 0.468 e. The van der Waals surface area contributed by atoms with Crippen molar-refractivity contribution in [3.05, 3.63) is 105 Å². The normalized spacial score (nSPS) is 10.8. The van der Waals surface area contributed by atoms with Crippen molar-refractivity contribution >= 4 is 40.3 Å². The molecule has 38 heavy (non-hydrogen) atoms. The van der Waals surface area contributed by atoms with E-state index in [9.17, 15) is 19.2 Å². The topological polar surface area (TPSA) is 98.6 Å². The molecule has 3 aromatic carbocycles. The van der Waals surface area contributed by atoms with Crippen LogP contribution in [0, 0.1) is 6.92 Å². The Hall–Kier alpha value is -4.24. The molecular formula is C29H27N3O5S. The summed E-state index contributed by atoms with van der Waals surface area (Å²) in [5.74, 6) is -0.436. The molecule has 1 aromatic heterocycles. The van der Waals surface area contributed by atoms with Crippen LogP contribution in [0.4, 0.5) is 0 Å². The zero-order chi connectivity index (χ0) is 27.4. The summed E-state index contributed by atoms with van der Waals surface area (Å²) in [4.78, 5) is 55.6. The summed E-state index contributed by atoms with van der Waals surface area (Å²) in [5.41, 5.74) is 3.84. The van der Waals surface area contributed by atoms with E-state index in [0.717, 1.165) is 11.1 Å². The number of benzene rings is 3. The van der Waals surface area contributed by atoms with Crippen LogP contribution in [0.2, 0.25) is 0 Å². The van der Waals surface area contributed by atoms with Gasteiger partial charge in [-0.2, -0.15) is 0 Å². The highest BCUT2D eigenvalue weighted by atomic mass is 32.2. The van der Waals surface area contributed by atoms with Crippen LogP contribution in [0.3, 0.4) is 0 Å². The van der Waals surface area contributed by atoms with E-state index in [4.69, 9.17) is 0 Å². The third kappa shape index (κ3) is 5.68. The molecule has 194 valence electrons. The molecule has 9 heteroatoms. The van der Waals surface area contributed by atoms with Crippen molar-refractivity contribution in [2.45, 2.75) is 17.8 Å². The summed E-state index contributed by atoms with van der Waals surface area (Å²) < 4.78 is 6.16. The molecule has 0 atom stereocenters. The van der Waals surface area contributed by atoms with Gasteiger partial charge in [0.25, 0.3) is 11.5 Å². The molecule has 4 aromatic rings. The Labute approximate surface area is 224 Å². The van der Waals surface area contributed by atoms with Gasteiger partial charge in [-0.3, -0.25) is 23.7 Å². The Morgan fingerprint density at radius 1 is 0.947 bits per heavy atom. The molecule has 1 heterocycles. The number of thioether (sulfide) groups is 1. The number of carbonyl (C=O) groups is 3. The fraction of sp³-hybridized carbons (Fsp3) is 0.207.